The number of anilines is 1. The van der Waals surface area contributed by atoms with Crippen LogP contribution in [0.4, 0.5) is 5.82 Å². The number of aromatic nitrogens is 4. The van der Waals surface area contributed by atoms with Crippen molar-refractivity contribution in [2.24, 2.45) is 0 Å². The summed E-state index contributed by atoms with van der Waals surface area (Å²) in [7, 11) is 0. The maximum Gasteiger partial charge on any atom is 0.326 e. The molecule has 0 aliphatic rings. The van der Waals surface area contributed by atoms with Crippen LogP contribution in [0.1, 0.15) is 13.8 Å². The summed E-state index contributed by atoms with van der Waals surface area (Å²) < 4.78 is 1.70. The molecule has 2 N–H and O–H groups in total. The Balaban J connectivity index is 0.00000147. The highest BCUT2D eigenvalue weighted by molar-refractivity contribution is 5.98. The van der Waals surface area contributed by atoms with Crippen molar-refractivity contribution >= 4 is 40.2 Å². The van der Waals surface area contributed by atoms with E-state index in [1.165, 1.54) is 6.33 Å². The van der Waals surface area contributed by atoms with E-state index < -0.39 is 0 Å². The highest BCUT2D eigenvalue weighted by atomic mass is 35.5. The molecule has 0 saturated heterocycles. The molecule has 0 spiro atoms. The van der Waals surface area contributed by atoms with E-state index in [9.17, 15) is 4.79 Å². The molecule has 0 unspecified atom stereocenters. The number of benzene rings is 1. The van der Waals surface area contributed by atoms with Crippen molar-refractivity contribution in [2.45, 2.75) is 20.4 Å². The monoisotopic (exact) mass is 293 g/mol. The maximum absolute atomic E-state index is 11.8. The van der Waals surface area contributed by atoms with E-state index in [0.29, 0.717) is 6.54 Å². The Morgan fingerprint density at radius 3 is 2.80 bits per heavy atom. The number of rotatable bonds is 3. The van der Waals surface area contributed by atoms with Gasteiger partial charge in [0, 0.05) is 18.5 Å². The van der Waals surface area contributed by atoms with Crippen LogP contribution in [0.3, 0.4) is 0 Å². The van der Waals surface area contributed by atoms with Crippen LogP contribution >= 0.6 is 12.4 Å². The number of fused-ring (bicyclic) bond motifs is 2. The van der Waals surface area contributed by atoms with Gasteiger partial charge in [0.05, 0.1) is 16.6 Å². The summed E-state index contributed by atoms with van der Waals surface area (Å²) in [5.41, 5.74) is 2.43. The van der Waals surface area contributed by atoms with Gasteiger partial charge < -0.3 is 10.3 Å². The van der Waals surface area contributed by atoms with Crippen molar-refractivity contribution in [3.8, 4) is 0 Å². The number of nitrogens with one attached hydrogen (secondary N) is 2. The fourth-order valence-electron chi connectivity index (χ4n) is 2.33. The van der Waals surface area contributed by atoms with Crippen molar-refractivity contribution in [3.63, 3.8) is 0 Å². The summed E-state index contributed by atoms with van der Waals surface area (Å²) in [4.78, 5) is 23.2. The van der Waals surface area contributed by atoms with Gasteiger partial charge in [-0.1, -0.05) is 0 Å². The molecule has 6 nitrogen and oxygen atoms in total. The Hall–Kier alpha value is -2.08. The van der Waals surface area contributed by atoms with Crippen LogP contribution in [0.5, 0.6) is 0 Å². The summed E-state index contributed by atoms with van der Waals surface area (Å²) >= 11 is 0. The van der Waals surface area contributed by atoms with Crippen molar-refractivity contribution in [3.05, 3.63) is 28.9 Å². The lowest BCUT2D eigenvalue weighted by Crippen LogP contribution is -2.14. The predicted octanol–water partition coefficient (Wildman–Crippen LogP) is 2.15. The van der Waals surface area contributed by atoms with Crippen molar-refractivity contribution in [1.29, 1.82) is 0 Å². The van der Waals surface area contributed by atoms with E-state index >= 15 is 0 Å². The Bertz CT molecular complexity index is 807. The van der Waals surface area contributed by atoms with Crippen LogP contribution in [-0.4, -0.2) is 26.1 Å². The Morgan fingerprint density at radius 2 is 2.10 bits per heavy atom. The first-order valence-electron chi connectivity index (χ1n) is 6.35. The van der Waals surface area contributed by atoms with E-state index in [1.807, 2.05) is 26.0 Å². The number of hydrogen-bond donors (Lipinski definition) is 2. The van der Waals surface area contributed by atoms with Crippen LogP contribution in [-0.2, 0) is 6.54 Å². The summed E-state index contributed by atoms with van der Waals surface area (Å²) in [6, 6.07) is 3.85. The number of H-pyrrole nitrogens is 1. The lowest BCUT2D eigenvalue weighted by molar-refractivity contribution is 0.753. The topological polar surface area (TPSA) is 75.6 Å². The Labute approximate surface area is 121 Å². The van der Waals surface area contributed by atoms with Gasteiger partial charge >= 0.3 is 5.69 Å². The second-order valence-corrected chi connectivity index (χ2v) is 4.31. The van der Waals surface area contributed by atoms with Gasteiger partial charge in [-0.2, -0.15) is 0 Å². The number of halogens is 1. The molecule has 3 rings (SSSR count). The minimum absolute atomic E-state index is 0. The highest BCUT2D eigenvalue weighted by Crippen LogP contribution is 2.23. The van der Waals surface area contributed by atoms with Gasteiger partial charge in [-0.3, -0.25) is 4.57 Å². The molecule has 0 saturated carbocycles. The number of aromatic amines is 1. The van der Waals surface area contributed by atoms with Gasteiger partial charge in [-0.05, 0) is 26.0 Å². The minimum atomic E-state index is -0.0919. The number of imidazole rings is 1. The molecule has 106 valence electrons. The first-order chi connectivity index (χ1) is 9.24. The van der Waals surface area contributed by atoms with E-state index in [0.717, 1.165) is 34.3 Å². The summed E-state index contributed by atoms with van der Waals surface area (Å²) in [6.45, 7) is 5.39. The number of hydrogen-bond acceptors (Lipinski definition) is 4. The molecule has 0 aliphatic heterocycles. The van der Waals surface area contributed by atoms with Crippen LogP contribution in [0.15, 0.2) is 23.3 Å². The molecular weight excluding hydrogens is 278 g/mol. The molecule has 1 aromatic carbocycles. The van der Waals surface area contributed by atoms with Crippen molar-refractivity contribution in [2.75, 3.05) is 11.9 Å². The van der Waals surface area contributed by atoms with Gasteiger partial charge in [-0.15, -0.1) is 12.4 Å². The van der Waals surface area contributed by atoms with Crippen LogP contribution in [0.2, 0.25) is 0 Å². The molecule has 0 amide bonds. The SMILES string of the molecule is CCNc1ncnc2cc3c(cc12)[nH]c(=O)n3CC.Cl. The molecular formula is C13H16ClN5O. The average Bonchev–Trinajstić information content (AvgIpc) is 2.71. The fraction of sp³-hybridized carbons (Fsp3) is 0.308. The number of nitrogens with zero attached hydrogens (tertiary/aromatic N) is 3. The van der Waals surface area contributed by atoms with Crippen LogP contribution in [0.25, 0.3) is 21.9 Å². The molecule has 2 heterocycles. The largest absolute Gasteiger partial charge is 0.370 e. The highest BCUT2D eigenvalue weighted by Gasteiger charge is 2.09. The first-order valence-corrected chi connectivity index (χ1v) is 6.35. The summed E-state index contributed by atoms with van der Waals surface area (Å²) in [5.74, 6) is 0.791. The molecule has 0 radical (unpaired) electrons. The number of aryl methyl sites for hydroxylation is 1. The molecule has 7 heteroatoms. The molecule has 0 bridgehead atoms. The fourth-order valence-corrected chi connectivity index (χ4v) is 2.33. The second kappa shape index (κ2) is 5.50. The van der Waals surface area contributed by atoms with Crippen molar-refractivity contribution in [1.82, 2.24) is 19.5 Å². The van der Waals surface area contributed by atoms with Gasteiger partial charge in [0.1, 0.15) is 12.1 Å². The third kappa shape index (κ3) is 2.12. The standard InChI is InChI=1S/C13H15N5O.ClH/c1-3-14-12-8-5-10-11(6-9(8)15-7-16-12)18(4-2)13(19)17-10;/h5-7H,3-4H2,1-2H3,(H,17,19)(H,14,15,16);1H. The quantitative estimate of drug-likeness (QED) is 0.776. The van der Waals surface area contributed by atoms with Gasteiger partial charge in [0.25, 0.3) is 0 Å². The molecule has 20 heavy (non-hydrogen) atoms. The molecule has 0 atom stereocenters. The van der Waals surface area contributed by atoms with E-state index in [1.54, 1.807) is 4.57 Å². The zero-order valence-electron chi connectivity index (χ0n) is 11.3. The zero-order chi connectivity index (χ0) is 13.4. The van der Waals surface area contributed by atoms with Gasteiger partial charge in [-0.25, -0.2) is 14.8 Å². The minimum Gasteiger partial charge on any atom is -0.370 e. The molecule has 0 fully saturated rings. The Morgan fingerprint density at radius 1 is 1.30 bits per heavy atom. The zero-order valence-corrected chi connectivity index (χ0v) is 12.1. The van der Waals surface area contributed by atoms with E-state index in [-0.39, 0.29) is 18.1 Å². The lowest BCUT2D eigenvalue weighted by atomic mass is 10.2. The smallest absolute Gasteiger partial charge is 0.326 e. The summed E-state index contributed by atoms with van der Waals surface area (Å²) in [6.07, 6.45) is 1.53. The third-order valence-corrected chi connectivity index (χ3v) is 3.19. The van der Waals surface area contributed by atoms with Crippen molar-refractivity contribution < 1.29 is 0 Å². The predicted molar refractivity (Wildman–Crippen MR) is 82.7 cm³/mol. The van der Waals surface area contributed by atoms with E-state index in [2.05, 4.69) is 20.3 Å². The first kappa shape index (κ1) is 14.3. The third-order valence-electron chi connectivity index (χ3n) is 3.19. The summed E-state index contributed by atoms with van der Waals surface area (Å²) in [5, 5.41) is 4.12. The molecule has 3 aromatic rings. The van der Waals surface area contributed by atoms with Gasteiger partial charge in [0.2, 0.25) is 0 Å². The molecule has 2 aromatic heterocycles. The average molecular weight is 294 g/mol. The van der Waals surface area contributed by atoms with Crippen LogP contribution < -0.4 is 11.0 Å². The second-order valence-electron chi connectivity index (χ2n) is 4.31. The van der Waals surface area contributed by atoms with Gasteiger partial charge in [0.15, 0.2) is 0 Å². The van der Waals surface area contributed by atoms with E-state index in [4.69, 9.17) is 0 Å². The Kier molecular flexibility index (Phi) is 3.94. The maximum atomic E-state index is 11.8. The molecule has 0 aliphatic carbocycles. The lowest BCUT2D eigenvalue weighted by Gasteiger charge is -2.06. The normalized spacial score (nSPS) is 10.7. The van der Waals surface area contributed by atoms with Crippen LogP contribution in [0, 0.1) is 0 Å².